The molecular formula is C30H26N2O3. The highest BCUT2D eigenvalue weighted by molar-refractivity contribution is 6.14. The van der Waals surface area contributed by atoms with E-state index in [0.29, 0.717) is 12.0 Å². The topological polar surface area (TPSA) is 89.3 Å². The van der Waals surface area contributed by atoms with E-state index in [9.17, 15) is 14.4 Å². The summed E-state index contributed by atoms with van der Waals surface area (Å²) in [5.41, 5.74) is 8.68. The zero-order valence-electron chi connectivity index (χ0n) is 19.2. The predicted molar refractivity (Wildman–Crippen MR) is 138 cm³/mol. The summed E-state index contributed by atoms with van der Waals surface area (Å²) in [6, 6.07) is 33.2. The first-order chi connectivity index (χ1) is 17.0. The third-order valence-corrected chi connectivity index (χ3v) is 5.93. The number of anilines is 1. The normalized spacial score (nSPS) is 11.4. The molecular weight excluding hydrogens is 436 g/mol. The molecule has 1 unspecified atom stereocenters. The van der Waals surface area contributed by atoms with E-state index in [1.165, 1.54) is 6.07 Å². The van der Waals surface area contributed by atoms with Gasteiger partial charge in [-0.2, -0.15) is 0 Å². The Hall–Kier alpha value is -4.51. The minimum absolute atomic E-state index is 0.0824. The van der Waals surface area contributed by atoms with E-state index in [0.717, 1.165) is 11.1 Å². The van der Waals surface area contributed by atoms with E-state index in [1.807, 2.05) is 60.7 Å². The summed E-state index contributed by atoms with van der Waals surface area (Å²) in [7, 11) is 0. The Kier molecular flexibility index (Phi) is 7.48. The van der Waals surface area contributed by atoms with Gasteiger partial charge in [0.1, 0.15) is 0 Å². The Bertz CT molecular complexity index is 1320. The summed E-state index contributed by atoms with van der Waals surface area (Å²) in [6.07, 6.45) is 0.882. The van der Waals surface area contributed by atoms with E-state index in [-0.39, 0.29) is 34.9 Å². The van der Waals surface area contributed by atoms with Crippen LogP contribution in [-0.4, -0.2) is 17.6 Å². The lowest BCUT2D eigenvalue weighted by molar-refractivity contribution is 0.0974. The number of nitrogens with two attached hydrogens (primary N) is 1. The average Bonchev–Trinajstić information content (AvgIpc) is 2.89. The van der Waals surface area contributed by atoms with Gasteiger partial charge in [0, 0.05) is 17.5 Å². The fourth-order valence-corrected chi connectivity index (χ4v) is 4.17. The lowest BCUT2D eigenvalue weighted by atomic mass is 9.86. The number of Topliss-reactive ketones (excluding diaryl/α,β-unsaturated/α-hetero) is 1. The molecule has 0 spiro atoms. The van der Waals surface area contributed by atoms with Gasteiger partial charge in [0.05, 0.1) is 11.3 Å². The van der Waals surface area contributed by atoms with E-state index in [4.69, 9.17) is 5.73 Å². The fourth-order valence-electron chi connectivity index (χ4n) is 4.17. The molecule has 0 aliphatic heterocycles. The summed E-state index contributed by atoms with van der Waals surface area (Å²) in [5, 5.41) is 2.76. The van der Waals surface area contributed by atoms with Gasteiger partial charge in [0.25, 0.3) is 11.8 Å². The monoisotopic (exact) mass is 462 g/mol. The zero-order valence-corrected chi connectivity index (χ0v) is 19.2. The van der Waals surface area contributed by atoms with Crippen molar-refractivity contribution in [1.29, 1.82) is 0 Å². The minimum atomic E-state index is -0.716. The lowest BCUT2D eigenvalue weighted by Crippen LogP contribution is -2.21. The molecule has 5 nitrogen and oxygen atoms in total. The second-order valence-electron chi connectivity index (χ2n) is 8.34. The number of ketones is 1. The maximum absolute atomic E-state index is 13.6. The van der Waals surface area contributed by atoms with Crippen molar-refractivity contribution < 1.29 is 14.4 Å². The smallest absolute Gasteiger partial charge is 0.255 e. The third-order valence-electron chi connectivity index (χ3n) is 5.93. The number of carbonyl (C=O) groups excluding carboxylic acids is 3. The zero-order chi connectivity index (χ0) is 24.6. The van der Waals surface area contributed by atoms with Crippen LogP contribution in [0, 0.1) is 0 Å². The van der Waals surface area contributed by atoms with Crippen LogP contribution < -0.4 is 11.1 Å². The van der Waals surface area contributed by atoms with Crippen LogP contribution in [0.2, 0.25) is 0 Å². The van der Waals surface area contributed by atoms with Gasteiger partial charge >= 0.3 is 0 Å². The first kappa shape index (κ1) is 23.6. The van der Waals surface area contributed by atoms with Gasteiger partial charge < -0.3 is 11.1 Å². The molecule has 1 atom stereocenters. The molecule has 0 aliphatic rings. The number of amides is 2. The predicted octanol–water partition coefficient (Wildman–Crippen LogP) is 5.64. The second kappa shape index (κ2) is 11.1. The highest BCUT2D eigenvalue weighted by atomic mass is 16.2. The molecule has 0 bridgehead atoms. The van der Waals surface area contributed by atoms with E-state index < -0.39 is 11.8 Å². The van der Waals surface area contributed by atoms with Crippen LogP contribution in [0.3, 0.4) is 0 Å². The first-order valence-electron chi connectivity index (χ1n) is 11.4. The molecule has 0 aliphatic carbocycles. The molecule has 0 aromatic heterocycles. The molecule has 0 fully saturated rings. The highest BCUT2D eigenvalue weighted by Crippen LogP contribution is 2.30. The quantitative estimate of drug-likeness (QED) is 0.316. The summed E-state index contributed by atoms with van der Waals surface area (Å²) in [5.74, 6) is -1.40. The van der Waals surface area contributed by atoms with Crippen molar-refractivity contribution in [3.8, 4) is 0 Å². The number of carbonyl (C=O) groups is 3. The molecule has 4 rings (SSSR count). The van der Waals surface area contributed by atoms with Crippen molar-refractivity contribution >= 4 is 23.3 Å². The van der Waals surface area contributed by atoms with Crippen LogP contribution in [0.4, 0.5) is 5.69 Å². The van der Waals surface area contributed by atoms with Crippen LogP contribution in [0.5, 0.6) is 0 Å². The number of hydrogen-bond acceptors (Lipinski definition) is 3. The highest BCUT2D eigenvalue weighted by Gasteiger charge is 2.23. The fraction of sp³-hybridized carbons (Fsp3) is 0.100. The Labute approximate surface area is 204 Å². The Balaban J connectivity index is 1.67. The van der Waals surface area contributed by atoms with E-state index in [1.54, 1.807) is 42.5 Å². The Morgan fingerprint density at radius 1 is 0.686 bits per heavy atom. The van der Waals surface area contributed by atoms with Gasteiger partial charge in [0.2, 0.25) is 0 Å². The standard InChI is InChI=1S/C30H26N2O3/c31-29(34)26-18-10-17-25(28(26)32-30(35)23-15-8-3-9-16-23)27(33)20-24(22-13-6-2-7-14-22)19-21-11-4-1-5-12-21/h1-18,24H,19-20H2,(H2,31,34)(H,32,35). The molecule has 35 heavy (non-hydrogen) atoms. The number of hydrogen-bond donors (Lipinski definition) is 2. The molecule has 3 N–H and O–H groups in total. The van der Waals surface area contributed by atoms with Crippen LogP contribution in [0.15, 0.2) is 109 Å². The van der Waals surface area contributed by atoms with E-state index in [2.05, 4.69) is 5.32 Å². The van der Waals surface area contributed by atoms with Gasteiger partial charge in [-0.25, -0.2) is 0 Å². The molecule has 5 heteroatoms. The third kappa shape index (κ3) is 5.89. The Morgan fingerprint density at radius 2 is 1.26 bits per heavy atom. The second-order valence-corrected chi connectivity index (χ2v) is 8.34. The molecule has 2 amide bonds. The van der Waals surface area contributed by atoms with Crippen LogP contribution in [0.25, 0.3) is 0 Å². The SMILES string of the molecule is NC(=O)c1cccc(C(=O)CC(Cc2ccccc2)c2ccccc2)c1NC(=O)c1ccccc1. The first-order valence-corrected chi connectivity index (χ1v) is 11.4. The summed E-state index contributed by atoms with van der Waals surface area (Å²) >= 11 is 0. The molecule has 0 radical (unpaired) electrons. The largest absolute Gasteiger partial charge is 0.366 e. The minimum Gasteiger partial charge on any atom is -0.366 e. The summed E-state index contributed by atoms with van der Waals surface area (Å²) in [6.45, 7) is 0. The van der Waals surface area contributed by atoms with Crippen molar-refractivity contribution in [3.63, 3.8) is 0 Å². The van der Waals surface area contributed by atoms with Crippen molar-refractivity contribution in [2.24, 2.45) is 5.73 Å². The van der Waals surface area contributed by atoms with Crippen LogP contribution in [-0.2, 0) is 6.42 Å². The van der Waals surface area contributed by atoms with Gasteiger partial charge in [0.15, 0.2) is 5.78 Å². The Morgan fingerprint density at radius 3 is 1.89 bits per heavy atom. The van der Waals surface area contributed by atoms with Crippen molar-refractivity contribution in [2.45, 2.75) is 18.8 Å². The van der Waals surface area contributed by atoms with Gasteiger partial charge in [-0.3, -0.25) is 14.4 Å². The lowest BCUT2D eigenvalue weighted by Gasteiger charge is -2.19. The summed E-state index contributed by atoms with van der Waals surface area (Å²) in [4.78, 5) is 38.7. The molecule has 0 saturated heterocycles. The molecule has 174 valence electrons. The molecule has 0 heterocycles. The number of nitrogens with one attached hydrogen (secondary N) is 1. The molecule has 4 aromatic carbocycles. The molecule has 4 aromatic rings. The van der Waals surface area contributed by atoms with Crippen molar-refractivity contribution in [2.75, 3.05) is 5.32 Å². The van der Waals surface area contributed by atoms with Gasteiger partial charge in [-0.15, -0.1) is 0 Å². The maximum Gasteiger partial charge on any atom is 0.255 e. The number of benzene rings is 4. The number of rotatable bonds is 9. The summed E-state index contributed by atoms with van der Waals surface area (Å²) < 4.78 is 0. The van der Waals surface area contributed by atoms with Crippen molar-refractivity contribution in [3.05, 3.63) is 137 Å². The van der Waals surface area contributed by atoms with Crippen LogP contribution in [0.1, 0.15) is 54.5 Å². The average molecular weight is 463 g/mol. The van der Waals surface area contributed by atoms with Crippen molar-refractivity contribution in [1.82, 2.24) is 0 Å². The maximum atomic E-state index is 13.6. The molecule has 0 saturated carbocycles. The number of primary amides is 1. The number of para-hydroxylation sites is 1. The van der Waals surface area contributed by atoms with Gasteiger partial charge in [-0.05, 0) is 47.7 Å². The van der Waals surface area contributed by atoms with Gasteiger partial charge in [-0.1, -0.05) is 84.9 Å². The van der Waals surface area contributed by atoms with E-state index >= 15 is 0 Å². The van der Waals surface area contributed by atoms with Crippen LogP contribution >= 0.6 is 0 Å².